The summed E-state index contributed by atoms with van der Waals surface area (Å²) >= 11 is 0. The summed E-state index contributed by atoms with van der Waals surface area (Å²) in [6.07, 6.45) is 5.77. The molecule has 3 atom stereocenters. The molecule has 4 aromatic rings. The van der Waals surface area contributed by atoms with Gasteiger partial charge in [-0.15, -0.1) is 0 Å². The van der Waals surface area contributed by atoms with Crippen molar-refractivity contribution in [3.05, 3.63) is 114 Å². The Morgan fingerprint density at radius 2 is 1.52 bits per heavy atom. The maximum Gasteiger partial charge on any atom is 0.407 e. The standard InChI is InChI=1S/C38H45N5O3/c1-28(2)46-38(45)40-33-20-12-13-21-34(33)43-27-39-35(36(43)31-18-10-5-11-19-31)37(44)42-23-22-41(25-30-16-8-4-9-17-30)26-32(42)24-29-14-6-3-7-15-29/h3-11,14-19,27-28,32-34H,12-13,20-26H2,1-2H3,(H,40,45)/t32-,33+,34+/m1/s1. The summed E-state index contributed by atoms with van der Waals surface area (Å²) in [6, 6.07) is 30.9. The van der Waals surface area contributed by atoms with Crippen molar-refractivity contribution in [2.75, 3.05) is 19.6 Å². The van der Waals surface area contributed by atoms with E-state index in [1.54, 1.807) is 0 Å². The number of carbonyl (C=O) groups is 2. The molecule has 2 amide bonds. The Balaban J connectivity index is 1.32. The summed E-state index contributed by atoms with van der Waals surface area (Å²) in [4.78, 5) is 36.7. The van der Waals surface area contributed by atoms with Crippen LogP contribution in [0.15, 0.2) is 97.3 Å². The van der Waals surface area contributed by atoms with E-state index < -0.39 is 6.09 Å². The minimum Gasteiger partial charge on any atom is -0.447 e. The fourth-order valence-corrected chi connectivity index (χ4v) is 7.03. The predicted octanol–water partition coefficient (Wildman–Crippen LogP) is 6.74. The lowest BCUT2D eigenvalue weighted by Gasteiger charge is -2.41. The van der Waals surface area contributed by atoms with E-state index in [4.69, 9.17) is 9.72 Å². The van der Waals surface area contributed by atoms with Gasteiger partial charge >= 0.3 is 6.09 Å². The van der Waals surface area contributed by atoms with Crippen LogP contribution >= 0.6 is 0 Å². The molecule has 1 saturated carbocycles. The van der Waals surface area contributed by atoms with Gasteiger partial charge in [-0.2, -0.15) is 0 Å². The largest absolute Gasteiger partial charge is 0.447 e. The predicted molar refractivity (Wildman–Crippen MR) is 180 cm³/mol. The minimum absolute atomic E-state index is 0.00367. The molecule has 0 unspecified atom stereocenters. The van der Waals surface area contributed by atoms with Crippen molar-refractivity contribution >= 4 is 12.0 Å². The van der Waals surface area contributed by atoms with Gasteiger partial charge in [0.05, 0.1) is 30.2 Å². The van der Waals surface area contributed by atoms with Crippen molar-refractivity contribution in [1.82, 2.24) is 24.7 Å². The zero-order chi connectivity index (χ0) is 31.9. The molecule has 1 aliphatic carbocycles. The molecule has 240 valence electrons. The Bertz CT molecular complexity index is 1570. The number of imidazole rings is 1. The van der Waals surface area contributed by atoms with E-state index in [2.05, 4.69) is 63.3 Å². The van der Waals surface area contributed by atoms with Crippen molar-refractivity contribution in [3.63, 3.8) is 0 Å². The number of benzene rings is 3. The molecule has 8 heteroatoms. The Labute approximate surface area is 272 Å². The molecule has 1 saturated heterocycles. The van der Waals surface area contributed by atoms with Crippen LogP contribution in [0.5, 0.6) is 0 Å². The van der Waals surface area contributed by atoms with Gasteiger partial charge in [-0.25, -0.2) is 9.78 Å². The molecule has 1 aliphatic heterocycles. The summed E-state index contributed by atoms with van der Waals surface area (Å²) in [7, 11) is 0. The molecular formula is C38H45N5O3. The van der Waals surface area contributed by atoms with Gasteiger partial charge in [0.1, 0.15) is 0 Å². The summed E-state index contributed by atoms with van der Waals surface area (Å²) < 4.78 is 7.58. The van der Waals surface area contributed by atoms with Crippen LogP contribution in [0.2, 0.25) is 0 Å². The first-order valence-electron chi connectivity index (χ1n) is 16.7. The van der Waals surface area contributed by atoms with Crippen molar-refractivity contribution in [3.8, 4) is 11.3 Å². The number of piperazine rings is 1. The van der Waals surface area contributed by atoms with E-state index in [1.165, 1.54) is 11.1 Å². The average molecular weight is 620 g/mol. The topological polar surface area (TPSA) is 79.7 Å². The minimum atomic E-state index is -0.401. The molecule has 6 rings (SSSR count). The van der Waals surface area contributed by atoms with E-state index in [1.807, 2.05) is 67.5 Å². The number of ether oxygens (including phenoxy) is 1. The van der Waals surface area contributed by atoms with Gasteiger partial charge < -0.3 is 19.5 Å². The fourth-order valence-electron chi connectivity index (χ4n) is 7.03. The second kappa shape index (κ2) is 14.8. The highest BCUT2D eigenvalue weighted by atomic mass is 16.6. The number of carbonyl (C=O) groups excluding carboxylic acids is 2. The van der Waals surface area contributed by atoms with E-state index in [0.29, 0.717) is 12.2 Å². The van der Waals surface area contributed by atoms with Crippen molar-refractivity contribution in [2.24, 2.45) is 0 Å². The van der Waals surface area contributed by atoms with Crippen molar-refractivity contribution in [1.29, 1.82) is 0 Å². The molecule has 46 heavy (non-hydrogen) atoms. The molecule has 2 fully saturated rings. The Hall–Kier alpha value is -4.43. The summed E-state index contributed by atoms with van der Waals surface area (Å²) in [6.45, 7) is 6.76. The molecule has 3 aromatic carbocycles. The number of nitrogens with zero attached hydrogens (tertiary/aromatic N) is 4. The number of aromatic nitrogens is 2. The lowest BCUT2D eigenvalue weighted by molar-refractivity contribution is 0.0434. The first-order chi connectivity index (χ1) is 22.5. The fraction of sp³-hybridized carbons (Fsp3) is 0.395. The van der Waals surface area contributed by atoms with Gasteiger partial charge in [0.25, 0.3) is 5.91 Å². The summed E-state index contributed by atoms with van der Waals surface area (Å²) in [5.41, 5.74) is 4.71. The maximum atomic E-state index is 14.7. The average Bonchev–Trinajstić information content (AvgIpc) is 3.51. The third kappa shape index (κ3) is 7.50. The monoisotopic (exact) mass is 619 g/mol. The third-order valence-corrected chi connectivity index (χ3v) is 9.17. The highest BCUT2D eigenvalue weighted by molar-refractivity contribution is 5.98. The van der Waals surface area contributed by atoms with E-state index in [9.17, 15) is 9.59 Å². The molecule has 0 spiro atoms. The van der Waals surface area contributed by atoms with Crippen LogP contribution in [-0.2, 0) is 17.7 Å². The highest BCUT2D eigenvalue weighted by Crippen LogP contribution is 2.35. The molecule has 2 heterocycles. The molecule has 0 radical (unpaired) electrons. The quantitative estimate of drug-likeness (QED) is 0.225. The molecule has 8 nitrogen and oxygen atoms in total. The lowest BCUT2D eigenvalue weighted by Crippen LogP contribution is -2.55. The summed E-state index contributed by atoms with van der Waals surface area (Å²) in [5.74, 6) is -0.0440. The molecule has 2 aliphatic rings. The Kier molecular flexibility index (Phi) is 10.1. The first-order valence-corrected chi connectivity index (χ1v) is 16.7. The van der Waals surface area contributed by atoms with Crippen LogP contribution in [-0.4, -0.2) is 69.2 Å². The van der Waals surface area contributed by atoms with Gasteiger partial charge in [-0.1, -0.05) is 104 Å². The molecular weight excluding hydrogens is 574 g/mol. The Morgan fingerprint density at radius 1 is 0.870 bits per heavy atom. The third-order valence-electron chi connectivity index (χ3n) is 9.17. The molecule has 1 aromatic heterocycles. The van der Waals surface area contributed by atoms with E-state index in [0.717, 1.165) is 63.0 Å². The van der Waals surface area contributed by atoms with Crippen LogP contribution in [0.1, 0.15) is 67.2 Å². The van der Waals surface area contributed by atoms with Crippen LogP contribution in [0, 0.1) is 0 Å². The van der Waals surface area contributed by atoms with E-state index in [-0.39, 0.29) is 30.1 Å². The van der Waals surface area contributed by atoms with Gasteiger partial charge in [0.15, 0.2) is 5.69 Å². The van der Waals surface area contributed by atoms with E-state index >= 15 is 0 Å². The Morgan fingerprint density at radius 3 is 2.22 bits per heavy atom. The SMILES string of the molecule is CC(C)OC(=O)N[C@H]1CCCC[C@@H]1n1cnc(C(=O)N2CCN(Cc3ccccc3)C[C@H]2Cc2ccccc2)c1-c1ccccc1. The van der Waals surface area contributed by atoms with Gasteiger partial charge in [0.2, 0.25) is 0 Å². The number of nitrogens with one attached hydrogen (secondary N) is 1. The number of amides is 2. The number of hydrogen-bond donors (Lipinski definition) is 1. The zero-order valence-electron chi connectivity index (χ0n) is 26.9. The van der Waals surface area contributed by atoms with Gasteiger partial charge in [-0.3, -0.25) is 9.69 Å². The maximum absolute atomic E-state index is 14.7. The molecule has 1 N–H and O–H groups in total. The number of alkyl carbamates (subject to hydrolysis) is 1. The van der Waals surface area contributed by atoms with Crippen LogP contribution in [0.3, 0.4) is 0 Å². The van der Waals surface area contributed by atoms with Crippen LogP contribution in [0.25, 0.3) is 11.3 Å². The lowest BCUT2D eigenvalue weighted by atomic mass is 9.89. The zero-order valence-corrected chi connectivity index (χ0v) is 26.9. The smallest absolute Gasteiger partial charge is 0.407 e. The first kappa shape index (κ1) is 31.5. The second-order valence-electron chi connectivity index (χ2n) is 12.8. The van der Waals surface area contributed by atoms with Gasteiger partial charge in [-0.05, 0) is 44.2 Å². The number of rotatable bonds is 9. The van der Waals surface area contributed by atoms with Crippen molar-refractivity contribution < 1.29 is 14.3 Å². The second-order valence-corrected chi connectivity index (χ2v) is 12.8. The summed E-state index contributed by atoms with van der Waals surface area (Å²) in [5, 5.41) is 3.13. The highest BCUT2D eigenvalue weighted by Gasteiger charge is 2.36. The van der Waals surface area contributed by atoms with Crippen molar-refractivity contribution in [2.45, 2.75) is 76.7 Å². The van der Waals surface area contributed by atoms with Crippen LogP contribution < -0.4 is 5.32 Å². The normalized spacial score (nSPS) is 20.4. The van der Waals surface area contributed by atoms with Crippen LogP contribution in [0.4, 0.5) is 4.79 Å². The van der Waals surface area contributed by atoms with Gasteiger partial charge in [0, 0.05) is 37.8 Å². The number of hydrogen-bond acceptors (Lipinski definition) is 5. The molecule has 0 bridgehead atoms.